The fourth-order valence-electron chi connectivity index (χ4n) is 2.28. The topological polar surface area (TPSA) is 44.5 Å². The van der Waals surface area contributed by atoms with Crippen molar-refractivity contribution >= 4 is 0 Å². The van der Waals surface area contributed by atoms with Gasteiger partial charge in [-0.25, -0.2) is 0 Å². The van der Waals surface area contributed by atoms with Gasteiger partial charge in [-0.3, -0.25) is 4.39 Å². The molecule has 1 heterocycles. The molecule has 0 radical (unpaired) electrons. The molecule has 0 bridgehead atoms. The first-order valence-electron chi connectivity index (χ1n) is 4.70. The van der Waals surface area contributed by atoms with Crippen LogP contribution < -0.4 is 5.73 Å². The summed E-state index contributed by atoms with van der Waals surface area (Å²) in [5.41, 5.74) is 5.84. The van der Waals surface area contributed by atoms with E-state index in [4.69, 9.17) is 15.2 Å². The van der Waals surface area contributed by atoms with Crippen molar-refractivity contribution in [2.75, 3.05) is 6.67 Å². The van der Waals surface area contributed by atoms with Crippen molar-refractivity contribution in [3.63, 3.8) is 0 Å². The van der Waals surface area contributed by atoms with Gasteiger partial charge in [0.1, 0.15) is 6.10 Å². The number of ether oxygens (including phenoxy) is 2. The molecule has 2 rings (SSSR count). The number of hydrogen-bond acceptors (Lipinski definition) is 3. The minimum absolute atomic E-state index is 0.0764. The maximum Gasteiger partial charge on any atom is 0.163 e. The van der Waals surface area contributed by atoms with Gasteiger partial charge in [-0.05, 0) is 20.3 Å². The van der Waals surface area contributed by atoms with E-state index in [2.05, 4.69) is 0 Å². The average Bonchev–Trinajstić information content (AvgIpc) is 2.47. The van der Waals surface area contributed by atoms with Crippen molar-refractivity contribution in [3.05, 3.63) is 0 Å². The maximum atomic E-state index is 12.6. The van der Waals surface area contributed by atoms with Gasteiger partial charge in [0.25, 0.3) is 0 Å². The Balaban J connectivity index is 2.12. The summed E-state index contributed by atoms with van der Waals surface area (Å²) in [5, 5.41) is 0. The largest absolute Gasteiger partial charge is 0.344 e. The zero-order valence-electron chi connectivity index (χ0n) is 8.00. The molecule has 2 fully saturated rings. The fourth-order valence-corrected chi connectivity index (χ4v) is 2.28. The van der Waals surface area contributed by atoms with Crippen LogP contribution in [0.4, 0.5) is 4.39 Å². The normalized spacial score (nSPS) is 48.0. The molecule has 1 aliphatic carbocycles. The second-order valence-corrected chi connectivity index (χ2v) is 4.38. The van der Waals surface area contributed by atoms with Gasteiger partial charge >= 0.3 is 0 Å². The van der Waals surface area contributed by atoms with E-state index in [1.54, 1.807) is 0 Å². The molecule has 0 aromatic carbocycles. The van der Waals surface area contributed by atoms with Crippen molar-refractivity contribution in [1.82, 2.24) is 0 Å². The summed E-state index contributed by atoms with van der Waals surface area (Å²) in [5.74, 6) is -0.678. The predicted octanol–water partition coefficient (Wildman–Crippen LogP) is 0.823. The molecule has 0 amide bonds. The summed E-state index contributed by atoms with van der Waals surface area (Å²) in [6, 6.07) is -0.0764. The molecule has 1 aliphatic heterocycles. The molecule has 76 valence electrons. The monoisotopic (exact) mass is 189 g/mol. The van der Waals surface area contributed by atoms with Gasteiger partial charge < -0.3 is 15.2 Å². The highest BCUT2D eigenvalue weighted by Gasteiger charge is 2.52. The van der Waals surface area contributed by atoms with E-state index in [1.165, 1.54) is 0 Å². The molecule has 1 saturated heterocycles. The van der Waals surface area contributed by atoms with E-state index in [0.29, 0.717) is 6.42 Å². The van der Waals surface area contributed by atoms with Crippen LogP contribution in [0.3, 0.4) is 0 Å². The Morgan fingerprint density at radius 2 is 2.00 bits per heavy atom. The van der Waals surface area contributed by atoms with Gasteiger partial charge in [0, 0.05) is 12.0 Å². The van der Waals surface area contributed by atoms with Crippen molar-refractivity contribution in [3.8, 4) is 0 Å². The van der Waals surface area contributed by atoms with Gasteiger partial charge in [-0.1, -0.05) is 0 Å². The van der Waals surface area contributed by atoms with Crippen molar-refractivity contribution in [2.24, 2.45) is 11.7 Å². The number of rotatable bonds is 1. The molecule has 3 nitrogen and oxygen atoms in total. The highest BCUT2D eigenvalue weighted by molar-refractivity contribution is 4.99. The van der Waals surface area contributed by atoms with Gasteiger partial charge in [-0.15, -0.1) is 0 Å². The van der Waals surface area contributed by atoms with Crippen LogP contribution in [0.25, 0.3) is 0 Å². The Morgan fingerprint density at radius 1 is 1.38 bits per heavy atom. The molecule has 1 saturated carbocycles. The van der Waals surface area contributed by atoms with E-state index >= 15 is 0 Å². The molecule has 0 aromatic heterocycles. The minimum atomic E-state index is -0.596. The number of nitrogens with two attached hydrogens (primary N) is 1. The molecule has 13 heavy (non-hydrogen) atoms. The van der Waals surface area contributed by atoms with Gasteiger partial charge in [-0.2, -0.15) is 0 Å². The lowest BCUT2D eigenvalue weighted by molar-refractivity contribution is -0.158. The second-order valence-electron chi connectivity index (χ2n) is 4.38. The fraction of sp³-hybridized carbons (Fsp3) is 1.00. The Bertz CT molecular complexity index is 210. The van der Waals surface area contributed by atoms with E-state index < -0.39 is 5.79 Å². The summed E-state index contributed by atoms with van der Waals surface area (Å²) in [6.45, 7) is 3.31. The van der Waals surface area contributed by atoms with Crippen LogP contribution in [0.5, 0.6) is 0 Å². The van der Waals surface area contributed by atoms with Crippen LogP contribution in [0.1, 0.15) is 20.3 Å². The van der Waals surface area contributed by atoms with Gasteiger partial charge in [0.2, 0.25) is 0 Å². The number of alkyl halides is 1. The first-order valence-corrected chi connectivity index (χ1v) is 4.70. The Morgan fingerprint density at radius 3 is 2.62 bits per heavy atom. The molecule has 2 N–H and O–H groups in total. The summed E-state index contributed by atoms with van der Waals surface area (Å²) in [6.07, 6.45) is 0.410. The lowest BCUT2D eigenvalue weighted by atomic mass is 10.1. The Labute approximate surface area is 77.4 Å². The van der Waals surface area contributed by atoms with Gasteiger partial charge in [0.15, 0.2) is 5.79 Å². The molecule has 0 spiro atoms. The average molecular weight is 189 g/mol. The maximum absolute atomic E-state index is 12.6. The van der Waals surface area contributed by atoms with Crippen molar-refractivity contribution < 1.29 is 13.9 Å². The van der Waals surface area contributed by atoms with E-state index in [1.807, 2.05) is 13.8 Å². The van der Waals surface area contributed by atoms with E-state index in [9.17, 15) is 4.39 Å². The first kappa shape index (κ1) is 9.37. The van der Waals surface area contributed by atoms with Crippen LogP contribution in [0, 0.1) is 5.92 Å². The van der Waals surface area contributed by atoms with Crippen molar-refractivity contribution in [2.45, 2.75) is 44.3 Å². The highest BCUT2D eigenvalue weighted by atomic mass is 19.1. The number of fused-ring (bicyclic) bond motifs is 1. The van der Waals surface area contributed by atoms with Crippen LogP contribution in [-0.2, 0) is 9.47 Å². The summed E-state index contributed by atoms with van der Waals surface area (Å²) in [7, 11) is 0. The SMILES string of the molecule is CC1(C)O[C@@H]2[C@@H](CF)C[C@@H](N)[C@@H]2O1. The molecular formula is C9H16FNO2. The lowest BCUT2D eigenvalue weighted by Gasteiger charge is -2.21. The molecule has 4 atom stereocenters. The molecule has 0 unspecified atom stereocenters. The molecule has 4 heteroatoms. The highest BCUT2D eigenvalue weighted by Crippen LogP contribution is 2.40. The third-order valence-electron chi connectivity index (χ3n) is 2.82. The van der Waals surface area contributed by atoms with Crippen molar-refractivity contribution in [1.29, 1.82) is 0 Å². The Hall–Kier alpha value is -0.190. The Kier molecular flexibility index (Phi) is 2.09. The number of hydrogen-bond donors (Lipinski definition) is 1. The molecular weight excluding hydrogens is 173 g/mol. The van der Waals surface area contributed by atoms with Crippen LogP contribution in [0.2, 0.25) is 0 Å². The van der Waals surface area contributed by atoms with Crippen LogP contribution in [0.15, 0.2) is 0 Å². The standard InChI is InChI=1S/C9H16FNO2/c1-9(2)12-7-5(4-10)3-6(11)8(7)13-9/h5-8H,3-4,11H2,1-2H3/t5-,6-,7-,8+/m1/s1. The summed E-state index contributed by atoms with van der Waals surface area (Å²) >= 11 is 0. The quantitative estimate of drug-likeness (QED) is 0.664. The zero-order chi connectivity index (χ0) is 9.64. The van der Waals surface area contributed by atoms with E-state index in [0.717, 1.165) is 0 Å². The van der Waals surface area contributed by atoms with E-state index in [-0.39, 0.29) is 30.8 Å². The second kappa shape index (κ2) is 2.90. The minimum Gasteiger partial charge on any atom is -0.344 e. The molecule has 2 aliphatic rings. The third kappa shape index (κ3) is 1.47. The smallest absolute Gasteiger partial charge is 0.163 e. The first-order chi connectivity index (χ1) is 6.03. The van der Waals surface area contributed by atoms with Crippen LogP contribution in [-0.4, -0.2) is 30.7 Å². The predicted molar refractivity (Wildman–Crippen MR) is 45.9 cm³/mol. The lowest BCUT2D eigenvalue weighted by Crippen LogP contribution is -2.34. The zero-order valence-corrected chi connectivity index (χ0v) is 8.00. The third-order valence-corrected chi connectivity index (χ3v) is 2.82. The summed E-state index contributed by atoms with van der Waals surface area (Å²) < 4.78 is 23.8. The van der Waals surface area contributed by atoms with Crippen LogP contribution >= 0.6 is 0 Å². The summed E-state index contributed by atoms with van der Waals surface area (Å²) in [4.78, 5) is 0. The van der Waals surface area contributed by atoms with Gasteiger partial charge in [0.05, 0.1) is 12.8 Å². The molecule has 0 aromatic rings. The number of halogens is 1.